The Morgan fingerprint density at radius 1 is 1.08 bits per heavy atom. The van der Waals surface area contributed by atoms with Gasteiger partial charge in [0, 0.05) is 5.69 Å². The van der Waals surface area contributed by atoms with Gasteiger partial charge in [0.15, 0.2) is 11.6 Å². The number of carbonyl (C=O) groups is 1. The third kappa shape index (κ3) is 5.55. The lowest BCUT2D eigenvalue weighted by molar-refractivity contribution is -0.137. The van der Waals surface area contributed by atoms with Crippen LogP contribution in [0, 0.1) is 11.6 Å². The molecular weight excluding hydrogens is 345 g/mol. The van der Waals surface area contributed by atoms with Crippen LogP contribution in [0.2, 0.25) is 0 Å². The van der Waals surface area contributed by atoms with Crippen LogP contribution >= 0.6 is 0 Å². The van der Waals surface area contributed by atoms with Crippen molar-refractivity contribution in [1.29, 1.82) is 0 Å². The molecule has 0 saturated heterocycles. The Labute approximate surface area is 139 Å². The minimum absolute atomic E-state index is 0.120. The number of anilines is 1. The molecule has 2 aromatic rings. The summed E-state index contributed by atoms with van der Waals surface area (Å²) in [6.07, 6.45) is -3.38. The highest BCUT2D eigenvalue weighted by Gasteiger charge is 2.30. The van der Waals surface area contributed by atoms with Gasteiger partial charge in [0.2, 0.25) is 0 Å². The Morgan fingerprint density at radius 3 is 2.52 bits per heavy atom. The van der Waals surface area contributed by atoms with Crippen molar-refractivity contribution >= 4 is 17.8 Å². The number of nitrogens with one attached hydrogen (secondary N) is 2. The van der Waals surface area contributed by atoms with E-state index in [9.17, 15) is 26.7 Å². The van der Waals surface area contributed by atoms with Crippen LogP contribution in [0.4, 0.5) is 27.6 Å². The lowest BCUT2D eigenvalue weighted by Gasteiger charge is -2.10. The number of halogens is 5. The molecule has 0 aliphatic heterocycles. The molecule has 0 atom stereocenters. The summed E-state index contributed by atoms with van der Waals surface area (Å²) in [5, 5.41) is 6.07. The highest BCUT2D eigenvalue weighted by atomic mass is 19.4. The van der Waals surface area contributed by atoms with E-state index in [-0.39, 0.29) is 17.8 Å². The number of nitrogens with zero attached hydrogens (tertiary/aromatic N) is 1. The molecule has 4 nitrogen and oxygen atoms in total. The summed E-state index contributed by atoms with van der Waals surface area (Å²) in [5.74, 6) is -2.69. The summed E-state index contributed by atoms with van der Waals surface area (Å²) in [5.41, 5.74) is 1.62. The van der Waals surface area contributed by atoms with Gasteiger partial charge in [0.1, 0.15) is 0 Å². The molecule has 132 valence electrons. The number of benzene rings is 2. The zero-order valence-electron chi connectivity index (χ0n) is 12.6. The van der Waals surface area contributed by atoms with E-state index < -0.39 is 29.3 Å². The number of hydrogen-bond acceptors (Lipinski definition) is 3. The number of rotatable bonds is 5. The monoisotopic (exact) mass is 357 g/mol. The van der Waals surface area contributed by atoms with Gasteiger partial charge in [-0.25, -0.2) is 14.2 Å². The maximum absolute atomic E-state index is 13.0. The van der Waals surface area contributed by atoms with Crippen molar-refractivity contribution in [3.05, 3.63) is 65.2 Å². The lowest BCUT2D eigenvalue weighted by atomic mass is 10.2. The molecular formula is C16H12F5N3O. The topological polar surface area (TPSA) is 53.5 Å². The maximum atomic E-state index is 13.0. The third-order valence-electron chi connectivity index (χ3n) is 2.99. The molecule has 1 amide bonds. The molecule has 0 aliphatic carbocycles. The van der Waals surface area contributed by atoms with E-state index in [2.05, 4.69) is 15.8 Å². The van der Waals surface area contributed by atoms with Gasteiger partial charge in [0.05, 0.1) is 18.3 Å². The molecule has 2 rings (SSSR count). The quantitative estimate of drug-likeness (QED) is 0.489. The van der Waals surface area contributed by atoms with Crippen LogP contribution < -0.4 is 10.7 Å². The summed E-state index contributed by atoms with van der Waals surface area (Å²) in [6.45, 7) is -0.323. The Kier molecular flexibility index (Phi) is 5.68. The molecule has 0 unspecified atom stereocenters. The van der Waals surface area contributed by atoms with Crippen molar-refractivity contribution in [3.8, 4) is 0 Å². The van der Waals surface area contributed by atoms with Gasteiger partial charge in [-0.3, -0.25) is 4.79 Å². The van der Waals surface area contributed by atoms with Crippen molar-refractivity contribution in [2.75, 3.05) is 11.9 Å². The minimum atomic E-state index is -4.48. The molecule has 0 heterocycles. The lowest BCUT2D eigenvalue weighted by Crippen LogP contribution is -2.26. The molecule has 0 bridgehead atoms. The van der Waals surface area contributed by atoms with Crippen molar-refractivity contribution in [2.24, 2.45) is 5.10 Å². The van der Waals surface area contributed by atoms with Gasteiger partial charge in [-0.15, -0.1) is 0 Å². The second-order valence-corrected chi connectivity index (χ2v) is 4.90. The molecule has 0 saturated carbocycles. The van der Waals surface area contributed by atoms with Crippen LogP contribution in [-0.2, 0) is 11.0 Å². The molecule has 25 heavy (non-hydrogen) atoms. The summed E-state index contributed by atoms with van der Waals surface area (Å²) >= 11 is 0. The zero-order chi connectivity index (χ0) is 18.4. The first kappa shape index (κ1) is 18.4. The van der Waals surface area contributed by atoms with Crippen LogP contribution in [0.3, 0.4) is 0 Å². The van der Waals surface area contributed by atoms with E-state index in [4.69, 9.17) is 0 Å². The Balaban J connectivity index is 1.86. The standard InChI is InChI=1S/C16H12F5N3O/c17-13-5-4-10(6-14(13)18)8-23-24-15(25)9-22-12-3-1-2-11(7-12)16(19,20)21/h1-8,22H,9H2,(H,24,25). The largest absolute Gasteiger partial charge is 0.416 e. The molecule has 2 aromatic carbocycles. The van der Waals surface area contributed by atoms with E-state index in [1.54, 1.807) is 0 Å². The number of carbonyl (C=O) groups excluding carboxylic acids is 1. The van der Waals surface area contributed by atoms with Gasteiger partial charge < -0.3 is 5.32 Å². The summed E-state index contributed by atoms with van der Waals surface area (Å²) in [7, 11) is 0. The van der Waals surface area contributed by atoms with E-state index in [0.29, 0.717) is 0 Å². The molecule has 0 fully saturated rings. The van der Waals surface area contributed by atoms with E-state index >= 15 is 0 Å². The normalized spacial score (nSPS) is 11.6. The fourth-order valence-electron chi connectivity index (χ4n) is 1.80. The Bertz CT molecular complexity index is 790. The van der Waals surface area contributed by atoms with Gasteiger partial charge in [-0.05, 0) is 35.9 Å². The predicted octanol–water partition coefficient (Wildman–Crippen LogP) is 3.55. The van der Waals surface area contributed by atoms with Gasteiger partial charge in [-0.1, -0.05) is 12.1 Å². The second kappa shape index (κ2) is 7.73. The summed E-state index contributed by atoms with van der Waals surface area (Å²) in [4.78, 5) is 11.6. The molecule has 0 aliphatic rings. The van der Waals surface area contributed by atoms with Crippen molar-refractivity contribution in [2.45, 2.75) is 6.18 Å². The van der Waals surface area contributed by atoms with Crippen LogP contribution in [0.25, 0.3) is 0 Å². The molecule has 9 heteroatoms. The SMILES string of the molecule is O=C(CNc1cccc(C(F)(F)F)c1)NN=Cc1ccc(F)c(F)c1. The fraction of sp³-hybridized carbons (Fsp3) is 0.125. The molecule has 2 N–H and O–H groups in total. The third-order valence-corrected chi connectivity index (χ3v) is 2.99. The summed E-state index contributed by atoms with van der Waals surface area (Å²) in [6, 6.07) is 7.45. The highest BCUT2D eigenvalue weighted by molar-refractivity contribution is 5.84. The first-order chi connectivity index (χ1) is 11.8. The highest BCUT2D eigenvalue weighted by Crippen LogP contribution is 2.30. The second-order valence-electron chi connectivity index (χ2n) is 4.90. The zero-order valence-corrected chi connectivity index (χ0v) is 12.6. The molecule has 0 radical (unpaired) electrons. The Morgan fingerprint density at radius 2 is 1.84 bits per heavy atom. The van der Waals surface area contributed by atoms with Gasteiger partial charge >= 0.3 is 6.18 Å². The number of hydrogen-bond donors (Lipinski definition) is 2. The van der Waals surface area contributed by atoms with E-state index in [1.165, 1.54) is 18.2 Å². The van der Waals surface area contributed by atoms with E-state index in [1.807, 2.05) is 0 Å². The number of alkyl halides is 3. The average molecular weight is 357 g/mol. The predicted molar refractivity (Wildman–Crippen MR) is 82.0 cm³/mol. The van der Waals surface area contributed by atoms with Crippen molar-refractivity contribution in [1.82, 2.24) is 5.43 Å². The Hall–Kier alpha value is -2.97. The van der Waals surface area contributed by atoms with E-state index in [0.717, 1.165) is 30.5 Å². The number of amides is 1. The van der Waals surface area contributed by atoms with Crippen LogP contribution in [0.15, 0.2) is 47.6 Å². The van der Waals surface area contributed by atoms with Crippen LogP contribution in [-0.4, -0.2) is 18.7 Å². The van der Waals surface area contributed by atoms with Crippen molar-refractivity contribution in [3.63, 3.8) is 0 Å². The molecule has 0 spiro atoms. The van der Waals surface area contributed by atoms with Gasteiger partial charge in [0.25, 0.3) is 5.91 Å². The molecule has 0 aromatic heterocycles. The summed E-state index contributed by atoms with van der Waals surface area (Å²) < 4.78 is 63.4. The van der Waals surface area contributed by atoms with Gasteiger partial charge in [-0.2, -0.15) is 18.3 Å². The maximum Gasteiger partial charge on any atom is 0.416 e. The average Bonchev–Trinajstić information content (AvgIpc) is 2.56. The van der Waals surface area contributed by atoms with Crippen LogP contribution in [0.5, 0.6) is 0 Å². The number of hydrazone groups is 1. The first-order valence-electron chi connectivity index (χ1n) is 6.94. The van der Waals surface area contributed by atoms with Crippen molar-refractivity contribution < 1.29 is 26.7 Å². The minimum Gasteiger partial charge on any atom is -0.376 e. The van der Waals surface area contributed by atoms with Crippen LogP contribution in [0.1, 0.15) is 11.1 Å². The fourth-order valence-corrected chi connectivity index (χ4v) is 1.80. The smallest absolute Gasteiger partial charge is 0.376 e. The first-order valence-corrected chi connectivity index (χ1v) is 6.94.